The lowest BCUT2D eigenvalue weighted by Crippen LogP contribution is -2.44. The maximum absolute atomic E-state index is 12.0. The van der Waals surface area contributed by atoms with Gasteiger partial charge in [-0.1, -0.05) is 20.8 Å². The third-order valence-electron chi connectivity index (χ3n) is 4.42. The van der Waals surface area contributed by atoms with Crippen molar-refractivity contribution in [2.24, 2.45) is 0 Å². The van der Waals surface area contributed by atoms with E-state index in [0.717, 1.165) is 16.3 Å². The lowest BCUT2D eigenvalue weighted by molar-refractivity contribution is -0.144. The summed E-state index contributed by atoms with van der Waals surface area (Å²) in [5.41, 5.74) is 1.93. The molecule has 0 saturated heterocycles. The minimum absolute atomic E-state index is 0.0808. The Kier molecular flexibility index (Phi) is 7.37. The smallest absolute Gasteiger partial charge is 0.308 e. The van der Waals surface area contributed by atoms with Crippen LogP contribution in [0.15, 0.2) is 11.0 Å². The second-order valence-electron chi connectivity index (χ2n) is 7.56. The van der Waals surface area contributed by atoms with E-state index in [1.54, 1.807) is 11.3 Å². The molecule has 6 heteroatoms. The second-order valence-corrected chi connectivity index (χ2v) is 13.4. The second kappa shape index (κ2) is 8.40. The highest BCUT2D eigenvalue weighted by molar-refractivity contribution is 7.09. The number of thiazole rings is 1. The topological polar surface area (TPSA) is 48.4 Å². The molecule has 0 fully saturated rings. The summed E-state index contributed by atoms with van der Waals surface area (Å²) in [6.45, 7) is 17.2. The number of esters is 1. The summed E-state index contributed by atoms with van der Waals surface area (Å²) in [5, 5.41) is 3.13. The summed E-state index contributed by atoms with van der Waals surface area (Å²) in [6, 6.07) is 0. The standard InChI is InChI=1S/C18H31NO3SSi/c1-9-21-17(20)11-16(22-24(7,8)18(4,5)6)13(2)10-15-12-23-14(3)19-15/h10,12,16H,9,11H2,1-8H3/b13-10+/t16-/m0/s1. The molecule has 0 unspecified atom stereocenters. The molecule has 0 aliphatic rings. The average Bonchev–Trinajstić information content (AvgIpc) is 2.82. The van der Waals surface area contributed by atoms with Crippen molar-refractivity contribution in [3.05, 3.63) is 21.7 Å². The monoisotopic (exact) mass is 369 g/mol. The fraction of sp³-hybridized carbons (Fsp3) is 0.667. The maximum atomic E-state index is 12.0. The predicted octanol–water partition coefficient (Wildman–Crippen LogP) is 5.20. The molecule has 0 bridgehead atoms. The van der Waals surface area contributed by atoms with Gasteiger partial charge >= 0.3 is 5.97 Å². The first-order valence-electron chi connectivity index (χ1n) is 8.40. The van der Waals surface area contributed by atoms with Crippen LogP contribution < -0.4 is 0 Å². The van der Waals surface area contributed by atoms with E-state index in [9.17, 15) is 4.79 Å². The fourth-order valence-electron chi connectivity index (χ4n) is 1.97. The van der Waals surface area contributed by atoms with Crippen molar-refractivity contribution >= 4 is 31.7 Å². The van der Waals surface area contributed by atoms with Crippen LogP contribution in [0.25, 0.3) is 6.08 Å². The quantitative estimate of drug-likeness (QED) is 0.490. The molecule has 1 atom stereocenters. The van der Waals surface area contributed by atoms with Gasteiger partial charge in [-0.05, 0) is 50.6 Å². The van der Waals surface area contributed by atoms with Gasteiger partial charge in [0.25, 0.3) is 0 Å². The van der Waals surface area contributed by atoms with Gasteiger partial charge in [-0.2, -0.15) is 0 Å². The van der Waals surface area contributed by atoms with Gasteiger partial charge in [-0.15, -0.1) is 11.3 Å². The van der Waals surface area contributed by atoms with Gasteiger partial charge in [-0.25, -0.2) is 4.98 Å². The molecule has 1 rings (SSSR count). The van der Waals surface area contributed by atoms with E-state index in [4.69, 9.17) is 9.16 Å². The van der Waals surface area contributed by atoms with Gasteiger partial charge in [0.15, 0.2) is 8.32 Å². The molecule has 0 aliphatic carbocycles. The molecule has 0 spiro atoms. The van der Waals surface area contributed by atoms with E-state index < -0.39 is 8.32 Å². The van der Waals surface area contributed by atoms with Crippen LogP contribution in [-0.4, -0.2) is 32.0 Å². The third-order valence-corrected chi connectivity index (χ3v) is 9.70. The lowest BCUT2D eigenvalue weighted by Gasteiger charge is -2.39. The predicted molar refractivity (Wildman–Crippen MR) is 104 cm³/mol. The molecule has 1 aromatic rings. The van der Waals surface area contributed by atoms with Crippen LogP contribution in [-0.2, 0) is 14.0 Å². The molecule has 1 aromatic heterocycles. The summed E-state index contributed by atoms with van der Waals surface area (Å²) in [6.07, 6.45) is 1.98. The van der Waals surface area contributed by atoms with Crippen molar-refractivity contribution in [1.82, 2.24) is 4.98 Å². The van der Waals surface area contributed by atoms with Crippen LogP contribution in [0, 0.1) is 6.92 Å². The summed E-state index contributed by atoms with van der Waals surface area (Å²) < 4.78 is 11.6. The van der Waals surface area contributed by atoms with Crippen LogP contribution in [0.1, 0.15) is 51.7 Å². The highest BCUT2D eigenvalue weighted by atomic mass is 32.1. The van der Waals surface area contributed by atoms with E-state index in [1.165, 1.54) is 0 Å². The minimum Gasteiger partial charge on any atom is -0.466 e. The van der Waals surface area contributed by atoms with Crippen molar-refractivity contribution in [3.63, 3.8) is 0 Å². The van der Waals surface area contributed by atoms with Crippen LogP contribution in [0.5, 0.6) is 0 Å². The van der Waals surface area contributed by atoms with Crippen LogP contribution in [0.3, 0.4) is 0 Å². The highest BCUT2D eigenvalue weighted by Gasteiger charge is 2.40. The van der Waals surface area contributed by atoms with Gasteiger partial charge in [0.2, 0.25) is 0 Å². The summed E-state index contributed by atoms with van der Waals surface area (Å²) in [4.78, 5) is 16.5. The van der Waals surface area contributed by atoms with Crippen LogP contribution >= 0.6 is 11.3 Å². The number of hydrogen-bond acceptors (Lipinski definition) is 5. The van der Waals surface area contributed by atoms with E-state index in [-0.39, 0.29) is 23.5 Å². The first kappa shape index (κ1) is 21.1. The van der Waals surface area contributed by atoms with E-state index in [2.05, 4.69) is 38.8 Å². The number of nitrogens with zero attached hydrogens (tertiary/aromatic N) is 1. The SMILES string of the molecule is CCOC(=O)C[C@H](O[Si](C)(C)C(C)(C)C)/C(C)=C/c1csc(C)n1. The Morgan fingerprint density at radius 1 is 1.42 bits per heavy atom. The first-order chi connectivity index (χ1) is 11.0. The molecule has 0 saturated carbocycles. The van der Waals surface area contributed by atoms with Crippen molar-refractivity contribution in [2.75, 3.05) is 6.61 Å². The number of hydrogen-bond donors (Lipinski definition) is 0. The minimum atomic E-state index is -2.00. The normalized spacial score (nSPS) is 14.6. The van der Waals surface area contributed by atoms with Crippen LogP contribution in [0.4, 0.5) is 0 Å². The molecule has 0 aromatic carbocycles. The summed E-state index contributed by atoms with van der Waals surface area (Å²) >= 11 is 1.62. The molecule has 0 radical (unpaired) electrons. The Bertz CT molecular complexity index is 587. The number of carbonyl (C=O) groups excluding carboxylic acids is 1. The summed E-state index contributed by atoms with van der Waals surface area (Å²) in [7, 11) is -2.00. The Labute approximate surface area is 151 Å². The first-order valence-corrected chi connectivity index (χ1v) is 12.2. The average molecular weight is 370 g/mol. The number of rotatable bonds is 7. The summed E-state index contributed by atoms with van der Waals surface area (Å²) in [5.74, 6) is -0.219. The molecule has 1 heterocycles. The van der Waals surface area contributed by atoms with E-state index >= 15 is 0 Å². The zero-order valence-electron chi connectivity index (χ0n) is 16.2. The van der Waals surface area contributed by atoms with Gasteiger partial charge in [0, 0.05) is 5.38 Å². The van der Waals surface area contributed by atoms with E-state index in [1.807, 2.05) is 32.2 Å². The Balaban J connectivity index is 3.04. The Morgan fingerprint density at radius 3 is 2.50 bits per heavy atom. The zero-order chi connectivity index (χ0) is 18.5. The zero-order valence-corrected chi connectivity index (χ0v) is 18.0. The maximum Gasteiger partial charge on any atom is 0.308 e. The number of carbonyl (C=O) groups is 1. The van der Waals surface area contributed by atoms with Gasteiger partial charge in [0.1, 0.15) is 0 Å². The number of aryl methyl sites for hydroxylation is 1. The highest BCUT2D eigenvalue weighted by Crippen LogP contribution is 2.38. The van der Waals surface area contributed by atoms with Crippen molar-refractivity contribution in [1.29, 1.82) is 0 Å². The van der Waals surface area contributed by atoms with Crippen molar-refractivity contribution < 1.29 is 14.0 Å². The fourth-order valence-corrected chi connectivity index (χ4v) is 3.88. The molecule has 136 valence electrons. The van der Waals surface area contributed by atoms with Gasteiger partial charge in [-0.3, -0.25) is 4.79 Å². The Morgan fingerprint density at radius 2 is 2.04 bits per heavy atom. The number of aromatic nitrogens is 1. The molecule has 0 N–H and O–H groups in total. The molecule has 24 heavy (non-hydrogen) atoms. The van der Waals surface area contributed by atoms with Gasteiger partial charge < -0.3 is 9.16 Å². The molecular formula is C18H31NO3SSi. The van der Waals surface area contributed by atoms with E-state index in [0.29, 0.717) is 6.61 Å². The van der Waals surface area contributed by atoms with Crippen molar-refractivity contribution in [2.45, 2.75) is 72.2 Å². The third kappa shape index (κ3) is 6.15. The largest absolute Gasteiger partial charge is 0.466 e. The lowest BCUT2D eigenvalue weighted by atomic mass is 10.1. The molecule has 0 amide bonds. The molecule has 0 aliphatic heterocycles. The van der Waals surface area contributed by atoms with Crippen molar-refractivity contribution in [3.8, 4) is 0 Å². The van der Waals surface area contributed by atoms with Gasteiger partial charge in [0.05, 0.1) is 29.8 Å². The molecular weight excluding hydrogens is 338 g/mol. The molecule has 4 nitrogen and oxygen atoms in total. The van der Waals surface area contributed by atoms with Crippen LogP contribution in [0.2, 0.25) is 18.1 Å². The Hall–Kier alpha value is -0.983. The number of ether oxygens (including phenoxy) is 1.